The number of nitrogens with one attached hydrogen (secondary N) is 2. The van der Waals surface area contributed by atoms with E-state index in [0.29, 0.717) is 13.1 Å². The van der Waals surface area contributed by atoms with Crippen molar-refractivity contribution in [3.63, 3.8) is 0 Å². The number of piperidine rings is 1. The molecule has 0 aliphatic carbocycles. The molecule has 1 amide bonds. The third-order valence-corrected chi connectivity index (χ3v) is 7.49. The number of likely N-dealkylation sites (tertiary alicyclic amines) is 1. The van der Waals surface area contributed by atoms with Crippen molar-refractivity contribution in [1.82, 2.24) is 20.4 Å². The van der Waals surface area contributed by atoms with E-state index in [9.17, 15) is 4.79 Å². The first-order valence-electron chi connectivity index (χ1n) is 14.6. The standard InChI is InChI=1S/C27H40N4O.C4H10.2CH2O/c1-4-31(5-2)20-17-28-21-23-11-9-10-14-25(23)26(32)29-22-27(15-18-30(3)19-16-27)24-12-7-6-8-13-24;1-3-4-2;2*1-2/h6-14,28H,4-5,15-22H2,1-3H3,(H,29,32);3-4H2,1-2H3;2*1H2. The Morgan fingerprint density at radius 2 is 1.43 bits per heavy atom. The second kappa shape index (κ2) is 22.9. The first-order chi connectivity index (χ1) is 19.5. The Bertz CT molecular complexity index is 894. The van der Waals surface area contributed by atoms with Gasteiger partial charge < -0.3 is 30.0 Å². The van der Waals surface area contributed by atoms with Gasteiger partial charge in [-0.2, -0.15) is 0 Å². The van der Waals surface area contributed by atoms with E-state index in [2.05, 4.69) is 91.6 Å². The van der Waals surface area contributed by atoms with Crippen LogP contribution in [0.5, 0.6) is 0 Å². The lowest BCUT2D eigenvalue weighted by atomic mass is 9.72. The van der Waals surface area contributed by atoms with E-state index in [1.165, 1.54) is 18.4 Å². The molecule has 2 N–H and O–H groups in total. The molecule has 1 heterocycles. The van der Waals surface area contributed by atoms with E-state index in [1.54, 1.807) is 0 Å². The van der Waals surface area contributed by atoms with E-state index in [0.717, 1.165) is 63.2 Å². The molecule has 7 heteroatoms. The van der Waals surface area contributed by atoms with Crippen molar-refractivity contribution in [2.75, 3.05) is 52.9 Å². The van der Waals surface area contributed by atoms with Crippen LogP contribution in [-0.2, 0) is 21.5 Å². The Labute approximate surface area is 243 Å². The first kappa shape index (κ1) is 37.1. The molecule has 3 rings (SSSR count). The Morgan fingerprint density at radius 1 is 0.875 bits per heavy atom. The fraction of sp³-hybridized carbons (Fsp3) is 0.545. The smallest absolute Gasteiger partial charge is 0.251 e. The zero-order valence-electron chi connectivity index (χ0n) is 25.7. The summed E-state index contributed by atoms with van der Waals surface area (Å²) in [4.78, 5) is 34.0. The molecule has 1 aliphatic rings. The van der Waals surface area contributed by atoms with Crippen molar-refractivity contribution >= 4 is 19.5 Å². The Morgan fingerprint density at radius 3 is 1.98 bits per heavy atom. The van der Waals surface area contributed by atoms with E-state index in [1.807, 2.05) is 31.8 Å². The molecule has 7 nitrogen and oxygen atoms in total. The zero-order chi connectivity index (χ0) is 30.2. The van der Waals surface area contributed by atoms with Crippen LogP contribution in [0.2, 0.25) is 0 Å². The minimum absolute atomic E-state index is 0.000384. The normalized spacial score (nSPS) is 13.9. The van der Waals surface area contributed by atoms with Gasteiger partial charge in [-0.25, -0.2) is 0 Å². The number of hydrogen-bond acceptors (Lipinski definition) is 6. The maximum Gasteiger partial charge on any atom is 0.251 e. The summed E-state index contributed by atoms with van der Waals surface area (Å²) in [5.74, 6) is 0.0281. The summed E-state index contributed by atoms with van der Waals surface area (Å²) >= 11 is 0. The van der Waals surface area contributed by atoms with Crippen molar-refractivity contribution in [3.05, 3.63) is 71.3 Å². The molecule has 0 bridgehead atoms. The summed E-state index contributed by atoms with van der Waals surface area (Å²) in [6.45, 7) is 20.3. The summed E-state index contributed by atoms with van der Waals surface area (Å²) in [6, 6.07) is 18.7. The van der Waals surface area contributed by atoms with Gasteiger partial charge in [0.1, 0.15) is 13.6 Å². The highest BCUT2D eigenvalue weighted by molar-refractivity contribution is 5.95. The number of carbonyl (C=O) groups is 3. The van der Waals surface area contributed by atoms with Crippen LogP contribution in [0, 0.1) is 0 Å². The van der Waals surface area contributed by atoms with E-state index >= 15 is 0 Å². The maximum atomic E-state index is 13.2. The third-order valence-electron chi connectivity index (χ3n) is 7.49. The number of carbonyl (C=O) groups excluding carboxylic acids is 3. The van der Waals surface area contributed by atoms with Crippen LogP contribution in [0.1, 0.15) is 74.9 Å². The molecule has 0 aromatic heterocycles. The second-order valence-electron chi connectivity index (χ2n) is 9.99. The van der Waals surface area contributed by atoms with Crippen LogP contribution in [0.4, 0.5) is 0 Å². The summed E-state index contributed by atoms with van der Waals surface area (Å²) in [6.07, 6.45) is 4.75. The number of amides is 1. The molecule has 0 radical (unpaired) electrons. The van der Waals surface area contributed by atoms with Gasteiger partial charge in [0.25, 0.3) is 5.91 Å². The van der Waals surface area contributed by atoms with Gasteiger partial charge in [-0.15, -0.1) is 0 Å². The first-order valence-corrected chi connectivity index (χ1v) is 14.6. The summed E-state index contributed by atoms with van der Waals surface area (Å²) in [5, 5.41) is 6.81. The molecule has 224 valence electrons. The molecule has 2 aromatic carbocycles. The second-order valence-corrected chi connectivity index (χ2v) is 9.99. The average Bonchev–Trinajstić information content (AvgIpc) is 3.03. The summed E-state index contributed by atoms with van der Waals surface area (Å²) < 4.78 is 0. The quantitative estimate of drug-likeness (QED) is 0.362. The fourth-order valence-corrected chi connectivity index (χ4v) is 4.65. The number of hydrogen-bond donors (Lipinski definition) is 2. The van der Waals surface area contributed by atoms with Gasteiger partial charge >= 0.3 is 0 Å². The van der Waals surface area contributed by atoms with Gasteiger partial charge in [0, 0.05) is 37.2 Å². The number of benzene rings is 2. The van der Waals surface area contributed by atoms with Crippen molar-refractivity contribution in [3.8, 4) is 0 Å². The van der Waals surface area contributed by atoms with Crippen molar-refractivity contribution in [2.24, 2.45) is 0 Å². The van der Waals surface area contributed by atoms with Crippen LogP contribution >= 0.6 is 0 Å². The van der Waals surface area contributed by atoms with Gasteiger partial charge in [0.05, 0.1) is 0 Å². The summed E-state index contributed by atoms with van der Waals surface area (Å²) in [7, 11) is 2.18. The molecular weight excluding hydrogens is 500 g/mol. The number of likely N-dealkylation sites (N-methyl/N-ethyl adjacent to an activating group) is 1. The van der Waals surface area contributed by atoms with Crippen molar-refractivity contribution < 1.29 is 14.4 Å². The van der Waals surface area contributed by atoms with E-state index in [-0.39, 0.29) is 11.3 Å². The van der Waals surface area contributed by atoms with Gasteiger partial charge in [0.2, 0.25) is 0 Å². The minimum atomic E-state index is 0.000384. The Hall–Kier alpha value is -2.87. The van der Waals surface area contributed by atoms with Gasteiger partial charge in [0.15, 0.2) is 0 Å². The molecule has 1 aliphatic heterocycles. The molecule has 1 saturated heterocycles. The van der Waals surface area contributed by atoms with Gasteiger partial charge in [-0.3, -0.25) is 4.79 Å². The van der Waals surface area contributed by atoms with Crippen LogP contribution in [0.15, 0.2) is 54.6 Å². The summed E-state index contributed by atoms with van der Waals surface area (Å²) in [5.41, 5.74) is 3.17. The molecule has 2 aromatic rings. The highest BCUT2D eigenvalue weighted by atomic mass is 16.1. The van der Waals surface area contributed by atoms with Crippen LogP contribution < -0.4 is 10.6 Å². The predicted molar refractivity (Wildman–Crippen MR) is 168 cm³/mol. The monoisotopic (exact) mass is 554 g/mol. The predicted octanol–water partition coefficient (Wildman–Crippen LogP) is 4.95. The lowest BCUT2D eigenvalue weighted by molar-refractivity contribution is -0.0987. The van der Waals surface area contributed by atoms with E-state index in [4.69, 9.17) is 9.59 Å². The molecular formula is C33H54N4O3. The zero-order valence-corrected chi connectivity index (χ0v) is 25.7. The lowest BCUT2D eigenvalue weighted by Gasteiger charge is -2.41. The topological polar surface area (TPSA) is 81.8 Å². The average molecular weight is 555 g/mol. The van der Waals surface area contributed by atoms with Crippen LogP contribution in [0.3, 0.4) is 0 Å². The molecule has 0 unspecified atom stereocenters. The molecule has 0 spiro atoms. The number of unbranched alkanes of at least 4 members (excludes halogenated alkanes) is 1. The Kier molecular flexibility index (Phi) is 21.3. The van der Waals surface area contributed by atoms with Gasteiger partial charge in [-0.1, -0.05) is 89.1 Å². The highest BCUT2D eigenvalue weighted by Gasteiger charge is 2.35. The largest absolute Gasteiger partial charge is 0.351 e. The van der Waals surface area contributed by atoms with Gasteiger partial charge in [-0.05, 0) is 63.3 Å². The third kappa shape index (κ3) is 13.0. The molecule has 1 fully saturated rings. The van der Waals surface area contributed by atoms with Crippen molar-refractivity contribution in [1.29, 1.82) is 0 Å². The van der Waals surface area contributed by atoms with Crippen LogP contribution in [0.25, 0.3) is 0 Å². The molecule has 40 heavy (non-hydrogen) atoms. The highest BCUT2D eigenvalue weighted by Crippen LogP contribution is 2.34. The number of rotatable bonds is 12. The Balaban J connectivity index is 0.00000171. The van der Waals surface area contributed by atoms with Crippen molar-refractivity contribution in [2.45, 2.75) is 65.3 Å². The fourth-order valence-electron chi connectivity index (χ4n) is 4.65. The van der Waals surface area contributed by atoms with E-state index < -0.39 is 0 Å². The van der Waals surface area contributed by atoms with Crippen LogP contribution in [-0.4, -0.2) is 82.1 Å². The minimum Gasteiger partial charge on any atom is -0.351 e. The molecule has 0 atom stereocenters. The molecule has 0 saturated carbocycles. The number of nitrogens with zero attached hydrogens (tertiary/aromatic N) is 2. The maximum absolute atomic E-state index is 13.2. The lowest BCUT2D eigenvalue weighted by Crippen LogP contribution is -2.48. The SMILES string of the molecule is C=O.C=O.CCCC.CCN(CC)CCNCc1ccccc1C(=O)NCC1(c2ccccc2)CCN(C)CC1.